The molecule has 0 unspecified atom stereocenters. The number of hydrogen-bond acceptors (Lipinski definition) is 9. The summed E-state index contributed by atoms with van der Waals surface area (Å²) < 4.78 is 9.65. The first-order chi connectivity index (χ1) is 21.7. The van der Waals surface area contributed by atoms with Crippen molar-refractivity contribution in [2.75, 3.05) is 31.5 Å². The number of amides is 2. The van der Waals surface area contributed by atoms with Gasteiger partial charge in [0.05, 0.1) is 17.6 Å². The lowest BCUT2D eigenvalue weighted by molar-refractivity contribution is -0.175. The number of aryl methyl sites for hydroxylation is 1. The van der Waals surface area contributed by atoms with Crippen LogP contribution in [0.25, 0.3) is 11.6 Å². The van der Waals surface area contributed by atoms with Crippen LogP contribution in [0.5, 0.6) is 0 Å². The molecular weight excluding hydrogens is 596 g/mol. The van der Waals surface area contributed by atoms with Gasteiger partial charge in [-0.3, -0.25) is 19.2 Å². The molecule has 2 aromatic rings. The van der Waals surface area contributed by atoms with Crippen molar-refractivity contribution in [2.24, 2.45) is 0 Å². The van der Waals surface area contributed by atoms with Crippen molar-refractivity contribution >= 4 is 52.8 Å². The smallest absolute Gasteiger partial charge is 0.347 e. The highest BCUT2D eigenvalue weighted by Crippen LogP contribution is 2.35. The lowest BCUT2D eigenvalue weighted by Crippen LogP contribution is -2.35. The van der Waals surface area contributed by atoms with Crippen LogP contribution in [0, 0.1) is 13.8 Å². The number of Topliss-reactive ketones (excluding diaryl/α,β-unsaturated/α-hetero) is 1. The maximum Gasteiger partial charge on any atom is 0.347 e. The summed E-state index contributed by atoms with van der Waals surface area (Å²) in [5, 5.41) is 14.6. The fourth-order valence-corrected chi connectivity index (χ4v) is 5.03. The molecule has 1 aliphatic rings. The van der Waals surface area contributed by atoms with Gasteiger partial charge in [-0.25, -0.2) is 9.59 Å². The number of esters is 2. The number of aromatic nitrogens is 1. The largest absolute Gasteiger partial charge is 0.479 e. The van der Waals surface area contributed by atoms with Gasteiger partial charge < -0.3 is 35.1 Å². The van der Waals surface area contributed by atoms with Crippen LogP contribution in [0.2, 0.25) is 0 Å². The van der Waals surface area contributed by atoms with E-state index < -0.39 is 30.1 Å². The molecule has 2 amide bonds. The quantitative estimate of drug-likeness (QED) is 0.157. The third-order valence-electron chi connectivity index (χ3n) is 7.76. The number of nitrogens with zero attached hydrogens (tertiary/aromatic N) is 1. The Kier molecular flexibility index (Phi) is 12.4. The Bertz CT molecular complexity index is 1540. The fraction of sp³-hybridized carbons (Fsp3) is 0.455. The van der Waals surface area contributed by atoms with Gasteiger partial charge in [0.2, 0.25) is 0 Å². The number of carbonyl (C=O) groups is 6. The van der Waals surface area contributed by atoms with Crippen LogP contribution in [-0.4, -0.2) is 88.9 Å². The molecule has 0 aliphatic carbocycles. The number of carboxylic acids is 1. The van der Waals surface area contributed by atoms with Crippen molar-refractivity contribution in [3.63, 3.8) is 0 Å². The van der Waals surface area contributed by atoms with E-state index in [0.29, 0.717) is 51.4 Å². The Morgan fingerprint density at radius 2 is 1.72 bits per heavy atom. The number of ketones is 1. The highest BCUT2D eigenvalue weighted by Gasteiger charge is 2.27. The van der Waals surface area contributed by atoms with Gasteiger partial charge in [0.1, 0.15) is 5.78 Å². The number of hydrogen-bond donors (Lipinski definition) is 4. The van der Waals surface area contributed by atoms with Crippen LogP contribution >= 0.6 is 0 Å². The van der Waals surface area contributed by atoms with Gasteiger partial charge in [0.15, 0.2) is 12.2 Å². The molecule has 2 atom stereocenters. The number of H-pyrrole nitrogens is 1. The van der Waals surface area contributed by atoms with Crippen molar-refractivity contribution in [3.05, 3.63) is 51.8 Å². The number of anilines is 1. The second-order valence-corrected chi connectivity index (χ2v) is 11.1. The number of benzene rings is 1. The van der Waals surface area contributed by atoms with Crippen LogP contribution in [0.3, 0.4) is 0 Å². The second-order valence-electron chi connectivity index (χ2n) is 11.1. The van der Waals surface area contributed by atoms with Crippen LogP contribution in [0.15, 0.2) is 18.2 Å². The van der Waals surface area contributed by atoms with Gasteiger partial charge in [-0.05, 0) is 70.1 Å². The topological polar surface area (TPSA) is 184 Å². The molecule has 13 heteroatoms. The minimum atomic E-state index is -1.39. The molecule has 46 heavy (non-hydrogen) atoms. The van der Waals surface area contributed by atoms with Gasteiger partial charge in [-0.1, -0.05) is 19.9 Å². The molecule has 0 fully saturated rings. The summed E-state index contributed by atoms with van der Waals surface area (Å²) in [7, 11) is 0. The van der Waals surface area contributed by atoms with E-state index in [1.54, 1.807) is 24.3 Å². The summed E-state index contributed by atoms with van der Waals surface area (Å²) in [6.07, 6.45) is -1.46. The summed E-state index contributed by atoms with van der Waals surface area (Å²) in [6.45, 7) is 13.3. The number of carbonyl (C=O) groups excluding carboxylic acids is 5. The van der Waals surface area contributed by atoms with Gasteiger partial charge >= 0.3 is 17.9 Å². The van der Waals surface area contributed by atoms with E-state index in [2.05, 4.69) is 39.1 Å². The van der Waals surface area contributed by atoms with E-state index in [9.17, 15) is 28.8 Å². The number of rotatable bonds is 16. The maximum atomic E-state index is 13.0. The van der Waals surface area contributed by atoms with Gasteiger partial charge in [0, 0.05) is 48.6 Å². The lowest BCUT2D eigenvalue weighted by atomic mass is 9.98. The first-order valence-corrected chi connectivity index (χ1v) is 15.3. The number of aliphatic carboxylic acids is 1. The van der Waals surface area contributed by atoms with Gasteiger partial charge in [0.25, 0.3) is 11.8 Å². The SMILES string of the molecule is CCN(CC)CCNC(=O)c1c(C)[nH]c(/C=C2\C(=O)Nc3ccc(CC(=O)CCC(=O)O[C@@H](C)C(=O)O[C@H](C)C(=O)O)cc32)c1C. The minimum Gasteiger partial charge on any atom is -0.479 e. The lowest BCUT2D eigenvalue weighted by Gasteiger charge is -2.18. The van der Waals surface area contributed by atoms with Crippen LogP contribution in [-0.2, 0) is 39.9 Å². The predicted octanol–water partition coefficient (Wildman–Crippen LogP) is 3.04. The fourth-order valence-electron chi connectivity index (χ4n) is 5.03. The Morgan fingerprint density at radius 3 is 2.37 bits per heavy atom. The van der Waals surface area contributed by atoms with E-state index in [1.165, 1.54) is 13.8 Å². The average molecular weight is 639 g/mol. The zero-order valence-electron chi connectivity index (χ0n) is 27.1. The third-order valence-corrected chi connectivity index (χ3v) is 7.76. The van der Waals surface area contributed by atoms with Crippen molar-refractivity contribution < 1.29 is 43.3 Å². The first-order valence-electron chi connectivity index (χ1n) is 15.3. The molecular formula is C33H42N4O9. The zero-order chi connectivity index (χ0) is 34.1. The maximum absolute atomic E-state index is 13.0. The van der Waals surface area contributed by atoms with Crippen molar-refractivity contribution in [1.29, 1.82) is 0 Å². The van der Waals surface area contributed by atoms with Crippen molar-refractivity contribution in [3.8, 4) is 0 Å². The number of ether oxygens (including phenoxy) is 2. The molecule has 1 aromatic heterocycles. The molecule has 4 N–H and O–H groups in total. The summed E-state index contributed by atoms with van der Waals surface area (Å²) in [4.78, 5) is 78.9. The average Bonchev–Trinajstić information content (AvgIpc) is 3.47. The minimum absolute atomic E-state index is 0.00575. The standard InChI is InChI=1S/C33H42N4O9/c1-7-37(8-2)14-13-34-31(41)29-18(3)27(35-19(29)4)17-25-24-16-22(9-11-26(24)36-30(25)40)15-23(38)10-12-28(39)45-21(6)33(44)46-20(5)32(42)43/h9,11,16-17,20-21,35H,7-8,10,12-15H2,1-6H3,(H,34,41)(H,36,40)(H,42,43)/b25-17-/t20-,21+/m1/s1. The third kappa shape index (κ3) is 9.13. The number of aromatic amines is 1. The molecule has 0 spiro atoms. The van der Waals surface area contributed by atoms with Crippen LogP contribution in [0.1, 0.15) is 79.0 Å². The summed E-state index contributed by atoms with van der Waals surface area (Å²) in [5.41, 5.74) is 4.75. The van der Waals surface area contributed by atoms with Crippen LogP contribution in [0.4, 0.5) is 5.69 Å². The molecule has 1 aromatic carbocycles. The number of carboxylic acid groups (broad SMARTS) is 1. The number of fused-ring (bicyclic) bond motifs is 1. The summed E-state index contributed by atoms with van der Waals surface area (Å²) >= 11 is 0. The Balaban J connectivity index is 1.65. The normalized spacial score (nSPS) is 14.4. The van der Waals surface area contributed by atoms with E-state index in [-0.39, 0.29) is 36.9 Å². The van der Waals surface area contributed by atoms with Gasteiger partial charge in [-0.2, -0.15) is 0 Å². The van der Waals surface area contributed by atoms with Crippen molar-refractivity contribution in [2.45, 2.75) is 73.0 Å². The molecule has 248 valence electrons. The molecule has 2 heterocycles. The molecule has 3 rings (SSSR count). The molecule has 0 saturated carbocycles. The summed E-state index contributed by atoms with van der Waals surface area (Å²) in [5.74, 6) is -3.91. The van der Waals surface area contributed by atoms with E-state index in [4.69, 9.17) is 9.84 Å². The second kappa shape index (κ2) is 16.0. The monoisotopic (exact) mass is 638 g/mol. The van der Waals surface area contributed by atoms with Gasteiger partial charge in [-0.15, -0.1) is 0 Å². The zero-order valence-corrected chi connectivity index (χ0v) is 27.1. The molecule has 0 bridgehead atoms. The van der Waals surface area contributed by atoms with Crippen molar-refractivity contribution in [1.82, 2.24) is 15.2 Å². The van der Waals surface area contributed by atoms with E-state index in [1.807, 2.05) is 13.8 Å². The highest BCUT2D eigenvalue weighted by molar-refractivity contribution is 6.35. The Labute approximate surface area is 267 Å². The molecule has 0 saturated heterocycles. The summed E-state index contributed by atoms with van der Waals surface area (Å²) in [6, 6.07) is 5.16. The highest BCUT2D eigenvalue weighted by atomic mass is 16.6. The molecule has 0 radical (unpaired) electrons. The molecule has 1 aliphatic heterocycles. The number of likely N-dealkylation sites (N-methyl/N-ethyl adjacent to an activating group) is 1. The van der Waals surface area contributed by atoms with Crippen LogP contribution < -0.4 is 10.6 Å². The van der Waals surface area contributed by atoms with E-state index >= 15 is 0 Å². The first kappa shape index (κ1) is 35.7. The molecule has 13 nitrogen and oxygen atoms in total. The Morgan fingerprint density at radius 1 is 1.02 bits per heavy atom. The predicted molar refractivity (Wildman–Crippen MR) is 170 cm³/mol. The Hall–Kier alpha value is -4.78. The number of nitrogens with one attached hydrogen (secondary N) is 3. The van der Waals surface area contributed by atoms with E-state index in [0.717, 1.165) is 19.6 Å².